The van der Waals surface area contributed by atoms with Gasteiger partial charge in [-0.3, -0.25) is 9.13 Å². The van der Waals surface area contributed by atoms with Crippen LogP contribution >= 0.6 is 15.2 Å². The lowest BCUT2D eigenvalue weighted by molar-refractivity contribution is -0.689. The highest BCUT2D eigenvalue weighted by Gasteiger charge is 2.20. The van der Waals surface area contributed by atoms with Crippen molar-refractivity contribution >= 4 is 15.2 Å². The predicted molar refractivity (Wildman–Crippen MR) is 457 cm³/mol. The molecule has 16 heteroatoms. The summed E-state index contributed by atoms with van der Waals surface area (Å²) in [5, 5.41) is 0. The molecule has 0 fully saturated rings. The van der Waals surface area contributed by atoms with E-state index in [0.29, 0.717) is 35.9 Å². The van der Waals surface area contributed by atoms with Crippen LogP contribution < -0.4 is 18.3 Å². The van der Waals surface area contributed by atoms with Gasteiger partial charge in [0.05, 0.1) is 35.1 Å². The van der Waals surface area contributed by atoms with Gasteiger partial charge in [0.25, 0.3) is 0 Å². The van der Waals surface area contributed by atoms with Crippen molar-refractivity contribution in [2.75, 3.05) is 0 Å². The zero-order valence-electron chi connectivity index (χ0n) is 63.3. The second kappa shape index (κ2) is 33.7. The van der Waals surface area contributed by atoms with Gasteiger partial charge in [0.15, 0.2) is 87.4 Å². The van der Waals surface area contributed by atoms with Crippen LogP contribution in [-0.4, -0.2) is 39.5 Å². The Hall–Kier alpha value is -13.5. The van der Waals surface area contributed by atoms with E-state index in [1.165, 1.54) is 11.1 Å². The van der Waals surface area contributed by atoms with E-state index in [4.69, 9.17) is 19.9 Å². The Bertz CT molecular complexity index is 5990. The zero-order chi connectivity index (χ0) is 79.0. The minimum Gasteiger partial charge on any atom is -0.324 e. The molecule has 0 aliphatic carbocycles. The number of hydrogen-bond donors (Lipinski definition) is 4. The van der Waals surface area contributed by atoms with Crippen LogP contribution in [0, 0.1) is 0 Å². The van der Waals surface area contributed by atoms with Crippen LogP contribution in [0.5, 0.6) is 0 Å². The average Bonchev–Trinajstić information content (AvgIpc) is 0.796. The van der Waals surface area contributed by atoms with E-state index in [9.17, 15) is 28.7 Å². The van der Waals surface area contributed by atoms with Crippen LogP contribution in [0.1, 0.15) is 33.4 Å². The van der Waals surface area contributed by atoms with Crippen LogP contribution in [0.3, 0.4) is 0 Å². The molecule has 0 aliphatic heterocycles. The number of hydrogen-bond acceptors (Lipinski definition) is 6. The Labute approximate surface area is 673 Å². The lowest BCUT2D eigenvalue weighted by Crippen LogP contribution is -2.34. The molecule has 0 amide bonds. The fraction of sp³-hybridized carbons (Fsp3) is 0.0600. The Morgan fingerprint density at radius 3 is 0.638 bits per heavy atom. The quantitative estimate of drug-likeness (QED) is 0.0336. The van der Waals surface area contributed by atoms with Crippen molar-refractivity contribution in [3.8, 4) is 135 Å². The molecule has 0 saturated carbocycles. The second-order valence-electron chi connectivity index (χ2n) is 29.3. The zero-order valence-corrected chi connectivity index (χ0v) is 65.1. The molecule has 0 atom stereocenters. The van der Waals surface area contributed by atoms with Crippen LogP contribution in [0.25, 0.3) is 135 Å². The summed E-state index contributed by atoms with van der Waals surface area (Å²) in [5.74, 6) is 1.32. The first-order valence-electron chi connectivity index (χ1n) is 38.4. The van der Waals surface area contributed by atoms with Crippen molar-refractivity contribution in [2.24, 2.45) is 0 Å². The van der Waals surface area contributed by atoms with Crippen molar-refractivity contribution in [3.63, 3.8) is 0 Å². The minimum absolute atomic E-state index is 0.260. The van der Waals surface area contributed by atoms with Crippen LogP contribution in [-0.2, 0) is 47.6 Å². The van der Waals surface area contributed by atoms with E-state index >= 15 is 0 Å². The molecule has 0 radical (unpaired) electrons. The van der Waals surface area contributed by atoms with E-state index in [0.717, 1.165) is 147 Å². The third-order valence-corrected chi connectivity index (χ3v) is 22.4. The highest BCUT2D eigenvalue weighted by molar-refractivity contribution is 7.51. The number of rotatable bonds is 24. The molecule has 0 bridgehead atoms. The molecule has 562 valence electrons. The van der Waals surface area contributed by atoms with E-state index in [1.54, 1.807) is 24.3 Å². The molecule has 14 nitrogen and oxygen atoms in total. The Morgan fingerprint density at radius 2 is 0.405 bits per heavy atom. The van der Waals surface area contributed by atoms with E-state index < -0.39 is 15.2 Å². The Kier molecular flexibility index (Phi) is 21.8. The normalized spacial score (nSPS) is 11.6. The van der Waals surface area contributed by atoms with Gasteiger partial charge < -0.3 is 19.6 Å². The standard InChI is InChI=1S/C100H76N8O6P2/c109-115(110,111)69-73-18-14-71(15-19-73)65-105-54-46-85(47-55-105)81-26-22-77(23-27-81)79-30-38-89(39-31-79)95-63-97(103-99(101-95)93-10-3-1-4-11-93)91-42-34-83(35-43-91)87-50-58-107(59-51-87)67-75-8-7-9-76(62-75)68-108-60-52-88(53-61-108)84-36-44-92(45-37-84)98-64-96(102-100(104-98)94-12-5-2-6-13-94)90-40-32-80(33-41-90)78-24-28-82(29-25-78)86-48-56-106(57-49-86)66-72-16-20-74(21-17-72)70-116(112,113)114/h1-64H,65-70H2/p+4. The monoisotopic (exact) mass is 1550 g/mol. The molecule has 4 N–H and O–H groups in total. The first kappa shape index (κ1) is 75.2. The first-order chi connectivity index (χ1) is 56.6. The van der Waals surface area contributed by atoms with Crippen molar-refractivity contribution < 1.29 is 47.0 Å². The fourth-order valence-electron chi connectivity index (χ4n) is 14.6. The van der Waals surface area contributed by atoms with Crippen molar-refractivity contribution in [3.05, 3.63) is 423 Å². The maximum atomic E-state index is 11.4. The van der Waals surface area contributed by atoms with Crippen LogP contribution in [0.15, 0.2) is 389 Å². The third-order valence-electron chi connectivity index (χ3n) is 20.8. The molecule has 17 rings (SSSR count). The Morgan fingerprint density at radius 1 is 0.198 bits per heavy atom. The fourth-order valence-corrected chi connectivity index (χ4v) is 16.0. The van der Waals surface area contributed by atoms with Crippen molar-refractivity contribution in [1.29, 1.82) is 0 Å². The summed E-state index contributed by atoms with van der Waals surface area (Å²) in [7, 11) is -8.23. The summed E-state index contributed by atoms with van der Waals surface area (Å²) in [6.07, 6.45) is 16.3. The summed E-state index contributed by atoms with van der Waals surface area (Å²) in [5.41, 5.74) is 28.3. The smallest absolute Gasteiger partial charge is 0.324 e. The lowest BCUT2D eigenvalue weighted by Gasteiger charge is -2.11. The van der Waals surface area contributed by atoms with E-state index in [2.05, 4.69) is 274 Å². The highest BCUT2D eigenvalue weighted by atomic mass is 31.2. The second-order valence-corrected chi connectivity index (χ2v) is 32.5. The van der Waals surface area contributed by atoms with E-state index in [-0.39, 0.29) is 12.3 Å². The molecule has 0 spiro atoms. The van der Waals surface area contributed by atoms with Gasteiger partial charge in [-0.1, -0.05) is 273 Å². The first-order valence-corrected chi connectivity index (χ1v) is 42.0. The molecule has 0 saturated heterocycles. The predicted octanol–water partition coefficient (Wildman–Crippen LogP) is 20.0. The number of aromatic nitrogens is 8. The maximum Gasteiger partial charge on any atom is 0.329 e. The van der Waals surface area contributed by atoms with E-state index in [1.807, 2.05) is 110 Å². The van der Waals surface area contributed by atoms with Gasteiger partial charge in [-0.25, -0.2) is 38.2 Å². The highest BCUT2D eigenvalue weighted by Crippen LogP contribution is 2.41. The van der Waals surface area contributed by atoms with Gasteiger partial charge in [0, 0.05) is 104 Å². The number of nitrogens with zero attached hydrogens (tertiary/aromatic N) is 8. The van der Waals surface area contributed by atoms with Gasteiger partial charge in [0.1, 0.15) is 0 Å². The van der Waals surface area contributed by atoms with Gasteiger partial charge in [-0.05, 0) is 96.1 Å². The topological polar surface area (TPSA) is 182 Å². The minimum atomic E-state index is -4.11. The SMILES string of the molecule is O=P(O)(O)Cc1ccc(C[n+]2ccc(-c3ccc(-c4ccc(-c5cc(-c6ccc(-c7cc[n+](Cc8cccc(C[n+]9ccc(-c%10ccc(-c%11cc(-c%12ccc(-c%13ccc(-c%14cc[n+](Cc%15ccc(CP(=O)(O)O)cc%15)cc%14)cc%13)cc%12)nc(-c%12ccccc%12)n%11)cc%10)cc9)c8)cc7)cc6)nc(-c6ccccc6)n5)cc4)cc3)cc2)cc1. The largest absolute Gasteiger partial charge is 0.329 e. The summed E-state index contributed by atoms with van der Waals surface area (Å²) < 4.78 is 31.5. The summed E-state index contributed by atoms with van der Waals surface area (Å²) in [6, 6.07) is 117. The average molecular weight is 1550 g/mol. The molecular weight excluding hydrogens is 1470 g/mol. The summed E-state index contributed by atoms with van der Waals surface area (Å²) in [4.78, 5) is 57.9. The van der Waals surface area contributed by atoms with Gasteiger partial charge >= 0.3 is 15.2 Å². The van der Waals surface area contributed by atoms with Crippen LogP contribution in [0.2, 0.25) is 0 Å². The summed E-state index contributed by atoms with van der Waals surface area (Å²) >= 11 is 0. The lowest BCUT2D eigenvalue weighted by atomic mass is 9.99. The third kappa shape index (κ3) is 18.7. The molecule has 0 unspecified atom stereocenters. The molecule has 0 aliphatic rings. The Balaban J connectivity index is 0.511. The maximum absolute atomic E-state index is 11.4. The molecular formula is C100H80N8O6P2+4. The molecule has 6 aromatic heterocycles. The van der Waals surface area contributed by atoms with Gasteiger partial charge in [-0.15, -0.1) is 0 Å². The van der Waals surface area contributed by atoms with Crippen molar-refractivity contribution in [2.45, 2.75) is 38.5 Å². The molecule has 116 heavy (non-hydrogen) atoms. The van der Waals surface area contributed by atoms with Gasteiger partial charge in [-0.2, -0.15) is 0 Å². The number of pyridine rings is 4. The number of benzene rings is 11. The molecule has 17 aromatic rings. The molecule has 6 heterocycles. The summed E-state index contributed by atoms with van der Waals surface area (Å²) in [6.45, 7) is 2.76. The van der Waals surface area contributed by atoms with Crippen molar-refractivity contribution in [1.82, 2.24) is 19.9 Å². The van der Waals surface area contributed by atoms with Gasteiger partial charge in [0.2, 0.25) is 0 Å². The molecule has 11 aromatic carbocycles. The van der Waals surface area contributed by atoms with Crippen LogP contribution in [0.4, 0.5) is 0 Å².